The van der Waals surface area contributed by atoms with Crippen molar-refractivity contribution >= 4 is 27.5 Å². The van der Waals surface area contributed by atoms with Gasteiger partial charge in [-0.2, -0.15) is 18.4 Å². The summed E-state index contributed by atoms with van der Waals surface area (Å²) in [5.41, 5.74) is -0.318. The van der Waals surface area contributed by atoms with Crippen molar-refractivity contribution in [3.05, 3.63) is 57.6 Å². The topological polar surface area (TPSA) is 68.6 Å². The molecule has 1 fully saturated rings. The summed E-state index contributed by atoms with van der Waals surface area (Å²) in [5, 5.41) is 11.6. The lowest BCUT2D eigenvalue weighted by Crippen LogP contribution is -2.45. The van der Waals surface area contributed by atoms with E-state index < -0.39 is 24.3 Å². The molecule has 0 saturated carbocycles. The summed E-state index contributed by atoms with van der Waals surface area (Å²) in [6, 6.07) is 10.5. The number of ether oxygens (including phenoxy) is 1. The summed E-state index contributed by atoms with van der Waals surface area (Å²) in [5.74, 6) is -0.413. The number of carbonyl (C=O) groups is 1. The van der Waals surface area contributed by atoms with E-state index in [1.807, 2.05) is 11.0 Å². The first kappa shape index (κ1) is 25.0. The molecule has 0 aromatic heterocycles. The lowest BCUT2D eigenvalue weighted by molar-refractivity contribution is -0.138. The lowest BCUT2D eigenvalue weighted by atomic mass is 10.0. The molecular formula is C23H24BrF3N4O2. The van der Waals surface area contributed by atoms with Crippen molar-refractivity contribution in [2.45, 2.75) is 19.6 Å². The first-order chi connectivity index (χ1) is 15.7. The van der Waals surface area contributed by atoms with Crippen LogP contribution in [0.4, 0.5) is 18.9 Å². The van der Waals surface area contributed by atoms with Gasteiger partial charge in [0.2, 0.25) is 0 Å². The quantitative estimate of drug-likeness (QED) is 0.577. The highest BCUT2D eigenvalue weighted by atomic mass is 79.9. The van der Waals surface area contributed by atoms with Gasteiger partial charge >= 0.3 is 6.18 Å². The molecule has 10 heteroatoms. The van der Waals surface area contributed by atoms with Gasteiger partial charge in [0.15, 0.2) is 6.61 Å². The lowest BCUT2D eigenvalue weighted by Gasteiger charge is -2.34. The van der Waals surface area contributed by atoms with Gasteiger partial charge in [-0.1, -0.05) is 28.9 Å². The molecule has 1 amide bonds. The summed E-state index contributed by atoms with van der Waals surface area (Å²) in [4.78, 5) is 16.5. The Morgan fingerprint density at radius 3 is 2.48 bits per heavy atom. The molecule has 1 aliphatic heterocycles. The molecule has 1 N–H and O–H groups in total. The number of piperazine rings is 1. The molecule has 33 heavy (non-hydrogen) atoms. The fourth-order valence-corrected chi connectivity index (χ4v) is 3.98. The number of nitrogens with zero attached hydrogens (tertiary/aromatic N) is 3. The monoisotopic (exact) mass is 524 g/mol. The third-order valence-electron chi connectivity index (χ3n) is 5.43. The Morgan fingerprint density at radius 2 is 1.85 bits per heavy atom. The van der Waals surface area contributed by atoms with Crippen molar-refractivity contribution < 1.29 is 22.7 Å². The highest BCUT2D eigenvalue weighted by Crippen LogP contribution is 2.34. The molecule has 0 radical (unpaired) electrons. The predicted molar refractivity (Wildman–Crippen MR) is 122 cm³/mol. The standard InChI is InChI=1S/C23H24BrF3N4O2/c1-2-30-7-9-31(10-8-30)14-16-3-5-19(12-20(16)23(25,26)27)29-22(32)15-33-21-6-4-18(24)11-17(21)13-28/h3-6,11-12H,2,7-10,14-15H2,1H3,(H,29,32). The molecule has 0 spiro atoms. The van der Waals surface area contributed by atoms with Crippen molar-refractivity contribution in [3.63, 3.8) is 0 Å². The molecule has 0 bridgehead atoms. The van der Waals surface area contributed by atoms with Crippen molar-refractivity contribution in [1.29, 1.82) is 5.26 Å². The fourth-order valence-electron chi connectivity index (χ4n) is 3.62. The van der Waals surface area contributed by atoms with Gasteiger partial charge in [-0.15, -0.1) is 0 Å². The molecule has 176 valence electrons. The van der Waals surface area contributed by atoms with Gasteiger partial charge < -0.3 is 15.0 Å². The number of alkyl halides is 3. The van der Waals surface area contributed by atoms with Crippen LogP contribution in [0.15, 0.2) is 40.9 Å². The second kappa shape index (κ2) is 11.0. The molecule has 1 aliphatic rings. The fraction of sp³-hybridized carbons (Fsp3) is 0.391. The Morgan fingerprint density at radius 1 is 1.15 bits per heavy atom. The molecule has 0 aliphatic carbocycles. The Labute approximate surface area is 199 Å². The van der Waals surface area contributed by atoms with Crippen molar-refractivity contribution in [2.75, 3.05) is 44.6 Å². The van der Waals surface area contributed by atoms with Crippen LogP contribution in [0.2, 0.25) is 0 Å². The van der Waals surface area contributed by atoms with Crippen molar-refractivity contribution in [1.82, 2.24) is 9.80 Å². The first-order valence-electron chi connectivity index (χ1n) is 10.5. The molecule has 1 saturated heterocycles. The summed E-state index contributed by atoms with van der Waals surface area (Å²) in [7, 11) is 0. The number of benzene rings is 2. The van der Waals surface area contributed by atoms with Crippen LogP contribution in [0.5, 0.6) is 5.75 Å². The molecule has 2 aromatic carbocycles. The molecular weight excluding hydrogens is 501 g/mol. The van der Waals surface area contributed by atoms with Crippen molar-refractivity contribution in [2.24, 2.45) is 0 Å². The van der Waals surface area contributed by atoms with E-state index in [9.17, 15) is 18.0 Å². The third kappa shape index (κ3) is 6.93. The number of hydrogen-bond donors (Lipinski definition) is 1. The summed E-state index contributed by atoms with van der Waals surface area (Å²) in [6.07, 6.45) is -4.54. The number of nitrogens with one attached hydrogen (secondary N) is 1. The number of carbonyl (C=O) groups excluding carboxylic acids is 1. The largest absolute Gasteiger partial charge is 0.482 e. The number of rotatable bonds is 7. The average molecular weight is 525 g/mol. The highest BCUT2D eigenvalue weighted by molar-refractivity contribution is 9.10. The Kier molecular flexibility index (Phi) is 8.35. The first-order valence-corrected chi connectivity index (χ1v) is 11.3. The Bertz CT molecular complexity index is 1030. The zero-order chi connectivity index (χ0) is 24.0. The minimum atomic E-state index is -4.54. The number of halogens is 4. The van der Waals surface area contributed by atoms with Gasteiger partial charge in [0.05, 0.1) is 11.1 Å². The minimum absolute atomic E-state index is 0.0341. The Balaban J connectivity index is 1.66. The normalized spacial score (nSPS) is 15.2. The van der Waals surface area contributed by atoms with Crippen LogP contribution in [0.25, 0.3) is 0 Å². The minimum Gasteiger partial charge on any atom is -0.482 e. The van der Waals surface area contributed by atoms with E-state index in [1.165, 1.54) is 18.2 Å². The summed E-state index contributed by atoms with van der Waals surface area (Å²) < 4.78 is 47.2. The van der Waals surface area contributed by atoms with E-state index in [1.54, 1.807) is 12.1 Å². The van der Waals surface area contributed by atoms with E-state index in [2.05, 4.69) is 33.1 Å². The van der Waals surface area contributed by atoms with Crippen LogP contribution in [-0.2, 0) is 17.5 Å². The van der Waals surface area contributed by atoms with Gasteiger partial charge in [-0.05, 0) is 42.4 Å². The SMILES string of the molecule is CCN1CCN(Cc2ccc(NC(=O)COc3ccc(Br)cc3C#N)cc2C(F)(F)F)CC1. The van der Waals surface area contributed by atoms with Gasteiger partial charge in [-0.3, -0.25) is 9.69 Å². The number of hydrogen-bond acceptors (Lipinski definition) is 5. The molecule has 1 heterocycles. The van der Waals surface area contributed by atoms with Crippen LogP contribution in [0.3, 0.4) is 0 Å². The van der Waals surface area contributed by atoms with E-state index in [0.717, 1.165) is 25.7 Å². The zero-order valence-electron chi connectivity index (χ0n) is 18.1. The van der Waals surface area contributed by atoms with Crippen LogP contribution < -0.4 is 10.1 Å². The van der Waals surface area contributed by atoms with Gasteiger partial charge in [0, 0.05) is 42.9 Å². The van der Waals surface area contributed by atoms with Gasteiger partial charge in [-0.25, -0.2) is 0 Å². The second-order valence-electron chi connectivity index (χ2n) is 7.67. The van der Waals surface area contributed by atoms with Crippen LogP contribution >= 0.6 is 15.9 Å². The Hall–Kier alpha value is -2.61. The van der Waals surface area contributed by atoms with E-state index >= 15 is 0 Å². The summed E-state index contributed by atoms with van der Waals surface area (Å²) in [6.45, 7) is 5.83. The van der Waals surface area contributed by atoms with E-state index in [-0.39, 0.29) is 29.1 Å². The zero-order valence-corrected chi connectivity index (χ0v) is 19.7. The van der Waals surface area contributed by atoms with Crippen LogP contribution in [-0.4, -0.2) is 55.0 Å². The smallest absolute Gasteiger partial charge is 0.416 e. The maximum absolute atomic E-state index is 13.7. The predicted octanol–water partition coefficient (Wildman–Crippen LogP) is 4.49. The van der Waals surface area contributed by atoms with Crippen LogP contribution in [0.1, 0.15) is 23.6 Å². The number of amides is 1. The molecule has 0 unspecified atom stereocenters. The number of anilines is 1. The van der Waals surface area contributed by atoms with E-state index in [0.29, 0.717) is 17.6 Å². The third-order valence-corrected chi connectivity index (χ3v) is 5.92. The maximum atomic E-state index is 13.7. The second-order valence-corrected chi connectivity index (χ2v) is 8.58. The maximum Gasteiger partial charge on any atom is 0.416 e. The van der Waals surface area contributed by atoms with Gasteiger partial charge in [0.25, 0.3) is 5.91 Å². The van der Waals surface area contributed by atoms with Gasteiger partial charge in [0.1, 0.15) is 11.8 Å². The van der Waals surface area contributed by atoms with Crippen molar-refractivity contribution in [3.8, 4) is 11.8 Å². The molecule has 6 nitrogen and oxygen atoms in total. The summed E-state index contributed by atoms with van der Waals surface area (Å²) >= 11 is 3.24. The molecule has 0 atom stereocenters. The van der Waals surface area contributed by atoms with E-state index in [4.69, 9.17) is 10.00 Å². The average Bonchev–Trinajstić information content (AvgIpc) is 2.79. The van der Waals surface area contributed by atoms with Crippen LogP contribution in [0, 0.1) is 11.3 Å². The molecule has 3 rings (SSSR count). The highest BCUT2D eigenvalue weighted by Gasteiger charge is 2.34. The number of likely N-dealkylation sites (N-methyl/N-ethyl adjacent to an activating group) is 1. The number of nitriles is 1. The molecule has 2 aromatic rings.